The fourth-order valence-corrected chi connectivity index (χ4v) is 3.55. The zero-order chi connectivity index (χ0) is 14.3. The van der Waals surface area contributed by atoms with E-state index in [9.17, 15) is 14.7 Å². The van der Waals surface area contributed by atoms with E-state index in [0.29, 0.717) is 24.2 Å². The molecule has 0 radical (unpaired) electrons. The van der Waals surface area contributed by atoms with Gasteiger partial charge in [0.15, 0.2) is 0 Å². The molecule has 0 aromatic heterocycles. The third kappa shape index (κ3) is 3.15. The van der Waals surface area contributed by atoms with Crippen LogP contribution in [0.4, 0.5) is 0 Å². The highest BCUT2D eigenvalue weighted by atomic mass is 16.4. The van der Waals surface area contributed by atoms with E-state index in [4.69, 9.17) is 0 Å². The molecule has 3 rings (SSSR count). The summed E-state index contributed by atoms with van der Waals surface area (Å²) in [5, 5.41) is 9.35. The molecule has 0 aliphatic heterocycles. The molecule has 4 heteroatoms. The van der Waals surface area contributed by atoms with Gasteiger partial charge in [-0.25, -0.2) is 0 Å². The zero-order valence-corrected chi connectivity index (χ0v) is 12.3. The average Bonchev–Trinajstić information content (AvgIpc) is 3.30. The molecule has 0 aromatic rings. The van der Waals surface area contributed by atoms with E-state index in [1.165, 1.54) is 25.7 Å². The van der Waals surface area contributed by atoms with E-state index >= 15 is 0 Å². The van der Waals surface area contributed by atoms with Crippen molar-refractivity contribution in [3.8, 4) is 0 Å². The van der Waals surface area contributed by atoms with Crippen molar-refractivity contribution < 1.29 is 14.7 Å². The average molecular weight is 279 g/mol. The van der Waals surface area contributed by atoms with Gasteiger partial charge in [-0.05, 0) is 56.3 Å². The van der Waals surface area contributed by atoms with Gasteiger partial charge in [-0.2, -0.15) is 0 Å². The van der Waals surface area contributed by atoms with E-state index in [2.05, 4.69) is 6.92 Å². The number of carboxylic acid groups (broad SMARTS) is 1. The molecule has 112 valence electrons. The van der Waals surface area contributed by atoms with Crippen molar-refractivity contribution in [3.63, 3.8) is 0 Å². The van der Waals surface area contributed by atoms with Crippen LogP contribution in [-0.2, 0) is 9.59 Å². The fraction of sp³-hybridized carbons (Fsp3) is 0.875. The van der Waals surface area contributed by atoms with Crippen molar-refractivity contribution in [3.05, 3.63) is 0 Å². The predicted molar refractivity (Wildman–Crippen MR) is 75.0 cm³/mol. The predicted octanol–water partition coefficient (Wildman–Crippen LogP) is 2.38. The molecule has 0 saturated heterocycles. The summed E-state index contributed by atoms with van der Waals surface area (Å²) in [7, 11) is 0. The highest BCUT2D eigenvalue weighted by Crippen LogP contribution is 2.40. The lowest BCUT2D eigenvalue weighted by Gasteiger charge is -2.27. The van der Waals surface area contributed by atoms with Crippen molar-refractivity contribution in [2.24, 2.45) is 29.6 Å². The zero-order valence-electron chi connectivity index (χ0n) is 12.3. The molecule has 3 fully saturated rings. The Morgan fingerprint density at radius 2 is 1.50 bits per heavy atom. The number of amides is 1. The maximum atomic E-state index is 12.8. The van der Waals surface area contributed by atoms with Gasteiger partial charge < -0.3 is 10.0 Å². The van der Waals surface area contributed by atoms with Gasteiger partial charge in [-0.3, -0.25) is 9.59 Å². The van der Waals surface area contributed by atoms with Crippen molar-refractivity contribution in [1.82, 2.24) is 4.90 Å². The molecule has 20 heavy (non-hydrogen) atoms. The number of hydrogen-bond donors (Lipinski definition) is 1. The Bertz CT molecular complexity index is 387. The Labute approximate surface area is 120 Å². The number of nitrogens with zero attached hydrogens (tertiary/aromatic N) is 1. The smallest absolute Gasteiger partial charge is 0.307 e. The monoisotopic (exact) mass is 279 g/mol. The fourth-order valence-electron chi connectivity index (χ4n) is 3.55. The molecule has 0 heterocycles. The number of aliphatic carboxylic acids is 1. The molecule has 3 saturated carbocycles. The van der Waals surface area contributed by atoms with Gasteiger partial charge in [-0.1, -0.05) is 6.92 Å². The van der Waals surface area contributed by atoms with E-state index in [-0.39, 0.29) is 11.8 Å². The molecule has 4 nitrogen and oxygen atoms in total. The standard InChI is InChI=1S/C16H25NO3/c1-10-6-13(14(7-10)16(19)20)15(18)17(8-11-2-3-11)9-12-4-5-12/h10-14H,2-9H2,1H3,(H,19,20)/t10?,13-,14+/m0/s1. The minimum atomic E-state index is -0.787. The SMILES string of the molecule is CC1C[C@H](C(=O)N(CC2CC2)CC2CC2)[C@H](C(=O)O)C1. The summed E-state index contributed by atoms with van der Waals surface area (Å²) in [5.74, 6) is 0.317. The second-order valence-corrected chi connectivity index (χ2v) is 7.26. The molecular weight excluding hydrogens is 254 g/mol. The molecule has 3 aliphatic carbocycles. The maximum Gasteiger partial charge on any atom is 0.307 e. The van der Waals surface area contributed by atoms with Crippen LogP contribution in [0.25, 0.3) is 0 Å². The van der Waals surface area contributed by atoms with E-state index < -0.39 is 11.9 Å². The largest absolute Gasteiger partial charge is 0.481 e. The normalized spacial score (nSPS) is 33.1. The van der Waals surface area contributed by atoms with Gasteiger partial charge in [0.05, 0.1) is 11.8 Å². The Morgan fingerprint density at radius 1 is 1.00 bits per heavy atom. The number of carbonyl (C=O) groups is 2. The Morgan fingerprint density at radius 3 is 1.95 bits per heavy atom. The summed E-state index contributed by atoms with van der Waals surface area (Å²) in [4.78, 5) is 26.2. The van der Waals surface area contributed by atoms with Crippen molar-refractivity contribution in [2.45, 2.75) is 45.4 Å². The highest BCUT2D eigenvalue weighted by Gasteiger charge is 2.44. The summed E-state index contributed by atoms with van der Waals surface area (Å²) in [5.41, 5.74) is 0. The van der Waals surface area contributed by atoms with Gasteiger partial charge in [0.25, 0.3) is 0 Å². The minimum absolute atomic E-state index is 0.126. The van der Waals surface area contributed by atoms with Crippen molar-refractivity contribution in [1.29, 1.82) is 0 Å². The van der Waals surface area contributed by atoms with Crippen LogP contribution in [0.15, 0.2) is 0 Å². The number of rotatable bonds is 6. The lowest BCUT2D eigenvalue weighted by atomic mass is 9.94. The minimum Gasteiger partial charge on any atom is -0.481 e. The van der Waals surface area contributed by atoms with E-state index in [1.54, 1.807) is 0 Å². The van der Waals surface area contributed by atoms with Crippen molar-refractivity contribution >= 4 is 11.9 Å². The first kappa shape index (κ1) is 13.9. The van der Waals surface area contributed by atoms with Gasteiger partial charge in [-0.15, -0.1) is 0 Å². The first-order chi connectivity index (χ1) is 9.54. The van der Waals surface area contributed by atoms with Gasteiger partial charge >= 0.3 is 5.97 Å². The molecule has 1 amide bonds. The van der Waals surface area contributed by atoms with Crippen LogP contribution in [0.5, 0.6) is 0 Å². The number of carboxylic acids is 1. The molecular formula is C16H25NO3. The summed E-state index contributed by atoms with van der Waals surface area (Å²) in [6.45, 7) is 3.80. The lowest BCUT2D eigenvalue weighted by molar-refractivity contribution is -0.149. The Hall–Kier alpha value is -1.06. The van der Waals surface area contributed by atoms with Gasteiger partial charge in [0.2, 0.25) is 5.91 Å². The Balaban J connectivity index is 1.67. The van der Waals surface area contributed by atoms with Gasteiger partial charge in [0.1, 0.15) is 0 Å². The topological polar surface area (TPSA) is 57.6 Å². The molecule has 0 spiro atoms. The van der Waals surface area contributed by atoms with Crippen molar-refractivity contribution in [2.75, 3.05) is 13.1 Å². The first-order valence-corrected chi connectivity index (χ1v) is 8.06. The third-order valence-electron chi connectivity index (χ3n) is 5.10. The van der Waals surface area contributed by atoms with Crippen LogP contribution in [0.1, 0.15) is 45.4 Å². The quantitative estimate of drug-likeness (QED) is 0.812. The van der Waals surface area contributed by atoms with Crippen LogP contribution < -0.4 is 0 Å². The number of hydrogen-bond acceptors (Lipinski definition) is 2. The summed E-state index contributed by atoms with van der Waals surface area (Å²) in [6.07, 6.45) is 6.35. The molecule has 0 aromatic carbocycles. The lowest BCUT2D eigenvalue weighted by Crippen LogP contribution is -2.41. The summed E-state index contributed by atoms with van der Waals surface area (Å²) >= 11 is 0. The van der Waals surface area contributed by atoms with Crippen LogP contribution in [0.2, 0.25) is 0 Å². The van der Waals surface area contributed by atoms with E-state index in [1.807, 2.05) is 4.90 Å². The first-order valence-electron chi connectivity index (χ1n) is 8.06. The second kappa shape index (κ2) is 5.38. The van der Waals surface area contributed by atoms with Crippen LogP contribution in [0.3, 0.4) is 0 Å². The van der Waals surface area contributed by atoms with Crippen LogP contribution >= 0.6 is 0 Å². The third-order valence-corrected chi connectivity index (χ3v) is 5.10. The molecule has 1 N–H and O–H groups in total. The van der Waals surface area contributed by atoms with Crippen LogP contribution in [-0.4, -0.2) is 35.0 Å². The molecule has 3 aliphatic rings. The summed E-state index contributed by atoms with van der Waals surface area (Å²) < 4.78 is 0. The van der Waals surface area contributed by atoms with Crippen LogP contribution in [0, 0.1) is 29.6 Å². The molecule has 0 bridgehead atoms. The molecule has 1 unspecified atom stereocenters. The maximum absolute atomic E-state index is 12.8. The van der Waals surface area contributed by atoms with E-state index in [0.717, 1.165) is 19.5 Å². The number of carbonyl (C=O) groups excluding carboxylic acids is 1. The van der Waals surface area contributed by atoms with Gasteiger partial charge in [0, 0.05) is 13.1 Å². The summed E-state index contributed by atoms with van der Waals surface area (Å²) in [6, 6.07) is 0. The highest BCUT2D eigenvalue weighted by molar-refractivity contribution is 5.85. The second-order valence-electron chi connectivity index (χ2n) is 7.26. The molecule has 3 atom stereocenters. The Kier molecular flexibility index (Phi) is 3.74.